The summed E-state index contributed by atoms with van der Waals surface area (Å²) in [7, 11) is 0. The second-order valence-corrected chi connectivity index (χ2v) is 25.0. The van der Waals surface area contributed by atoms with Gasteiger partial charge in [-0.3, -0.25) is 0 Å². The fraction of sp³-hybridized carbons (Fsp3) is 0.0118. The number of fused-ring (bicyclic) bond motifs is 18. The summed E-state index contributed by atoms with van der Waals surface area (Å²) in [6.07, 6.45) is -4.96. The Morgan fingerprint density at radius 2 is 0.427 bits per heavy atom. The molecule has 20 aromatic rings. The van der Waals surface area contributed by atoms with Crippen LogP contribution in [-0.2, 0) is 6.18 Å². The number of halogens is 5. The standard InChI is InChI=1S/C85H49F5N6/c86-52-41-50(42-53(87)45-52)84-82(95-78-46-54(91-70-25-9-1-17-58(70)59-18-2-10-26-71(59)91)33-37-66(78)67-38-34-55(47-79(67)95)92-72-27-11-3-19-60(72)61-20-4-12-28-73(61)92)43-51(85(88,89)90)44-83(84)96-80-48-56(93-74-29-13-5-21-62(74)63-22-6-14-30-75(63)93)35-39-68(80)69-40-36-57(49-81(69)96)94-76-31-15-7-23-64(76)65-24-8-16-32-77(65)94/h1-49H. The number of nitrogens with zero attached hydrogens (tertiary/aromatic N) is 6. The normalized spacial score (nSPS) is 12.4. The van der Waals surface area contributed by atoms with E-state index in [0.717, 1.165) is 138 Å². The molecule has 0 bridgehead atoms. The number of para-hydroxylation sites is 8. The van der Waals surface area contributed by atoms with Gasteiger partial charge in [-0.1, -0.05) is 170 Å². The summed E-state index contributed by atoms with van der Waals surface area (Å²) in [6.45, 7) is 0. The molecule has 0 fully saturated rings. The first-order valence-electron chi connectivity index (χ1n) is 31.9. The van der Waals surface area contributed by atoms with Gasteiger partial charge in [0.05, 0.1) is 83.1 Å². The van der Waals surface area contributed by atoms with Gasteiger partial charge >= 0.3 is 6.18 Å². The van der Waals surface area contributed by atoms with Crippen molar-refractivity contribution in [3.63, 3.8) is 0 Å². The Labute approximate surface area is 543 Å². The monoisotopic (exact) mass is 1250 g/mol. The van der Waals surface area contributed by atoms with Crippen molar-refractivity contribution in [1.29, 1.82) is 0 Å². The number of hydrogen-bond donors (Lipinski definition) is 0. The van der Waals surface area contributed by atoms with Crippen LogP contribution in [0.3, 0.4) is 0 Å². The average Bonchev–Trinajstić information content (AvgIpc) is 1.54. The SMILES string of the molecule is Fc1cc(F)cc(-c2c(-n3c4cc(-n5c6ccccc6c6ccccc65)ccc4c4ccc(-n5c6ccccc6c6ccccc65)cc43)cc(C(F)(F)F)cc2-n2c3cc(-n4c5ccccc5c5ccccc54)ccc3c3ccc(-n4c5ccccc5c5ccccc54)cc32)c1. The quantitative estimate of drug-likeness (QED) is 0.142. The highest BCUT2D eigenvalue weighted by Gasteiger charge is 2.35. The molecule has 454 valence electrons. The Kier molecular flexibility index (Phi) is 11.3. The summed E-state index contributed by atoms with van der Waals surface area (Å²) >= 11 is 0. The second-order valence-electron chi connectivity index (χ2n) is 25.0. The first-order valence-corrected chi connectivity index (χ1v) is 31.9. The number of alkyl halides is 3. The molecule has 0 saturated carbocycles. The Hall–Kier alpha value is -12.5. The molecule has 0 aliphatic carbocycles. The van der Waals surface area contributed by atoms with E-state index in [0.29, 0.717) is 22.1 Å². The van der Waals surface area contributed by atoms with Crippen molar-refractivity contribution in [2.24, 2.45) is 0 Å². The average molecular weight is 1250 g/mol. The van der Waals surface area contributed by atoms with Gasteiger partial charge in [-0.05, 0) is 127 Å². The van der Waals surface area contributed by atoms with Crippen molar-refractivity contribution in [3.05, 3.63) is 314 Å². The van der Waals surface area contributed by atoms with Crippen molar-refractivity contribution in [2.45, 2.75) is 6.18 Å². The second kappa shape index (κ2) is 20.0. The Balaban J connectivity index is 0.966. The first kappa shape index (κ1) is 54.1. The van der Waals surface area contributed by atoms with Gasteiger partial charge in [-0.15, -0.1) is 0 Å². The number of hydrogen-bond acceptors (Lipinski definition) is 0. The Morgan fingerprint density at radius 3 is 0.656 bits per heavy atom. The highest BCUT2D eigenvalue weighted by Crippen LogP contribution is 2.49. The molecule has 0 aliphatic heterocycles. The molecule has 6 heterocycles. The molecule has 96 heavy (non-hydrogen) atoms. The van der Waals surface area contributed by atoms with Crippen molar-refractivity contribution in [1.82, 2.24) is 27.4 Å². The van der Waals surface area contributed by atoms with Crippen LogP contribution in [0.1, 0.15) is 5.56 Å². The van der Waals surface area contributed by atoms with Crippen molar-refractivity contribution in [2.75, 3.05) is 0 Å². The maximum Gasteiger partial charge on any atom is 0.416 e. The Bertz CT molecular complexity index is 5800. The minimum absolute atomic E-state index is 0.0328. The summed E-state index contributed by atoms with van der Waals surface area (Å²) < 4.78 is 97.0. The van der Waals surface area contributed by atoms with E-state index in [-0.39, 0.29) is 22.5 Å². The molecule has 0 atom stereocenters. The lowest BCUT2D eigenvalue weighted by Gasteiger charge is -2.23. The lowest BCUT2D eigenvalue weighted by atomic mass is 9.97. The third-order valence-electron chi connectivity index (χ3n) is 19.9. The van der Waals surface area contributed by atoms with Crippen LogP contribution in [0.5, 0.6) is 0 Å². The van der Waals surface area contributed by atoms with E-state index in [1.54, 1.807) is 0 Å². The predicted octanol–water partition coefficient (Wildman–Crippen LogP) is 23.2. The maximum atomic E-state index is 17.0. The third-order valence-corrected chi connectivity index (χ3v) is 19.9. The van der Waals surface area contributed by atoms with Crippen LogP contribution in [0, 0.1) is 11.6 Å². The van der Waals surface area contributed by atoms with Crippen molar-refractivity contribution < 1.29 is 22.0 Å². The fourth-order valence-corrected chi connectivity index (χ4v) is 16.0. The summed E-state index contributed by atoms with van der Waals surface area (Å²) in [4.78, 5) is 0. The first-order chi connectivity index (χ1) is 47.1. The fourth-order valence-electron chi connectivity index (χ4n) is 16.0. The molecule has 6 nitrogen and oxygen atoms in total. The van der Waals surface area contributed by atoms with Gasteiger partial charge < -0.3 is 27.4 Å². The van der Waals surface area contributed by atoms with Gasteiger partial charge in [0, 0.05) is 99.0 Å². The summed E-state index contributed by atoms with van der Waals surface area (Å²) in [5, 5.41) is 11.3. The maximum absolute atomic E-state index is 17.0. The van der Waals surface area contributed by atoms with Crippen LogP contribution < -0.4 is 0 Å². The van der Waals surface area contributed by atoms with Gasteiger partial charge in [-0.2, -0.15) is 13.2 Å². The Morgan fingerprint density at radius 1 is 0.208 bits per heavy atom. The van der Waals surface area contributed by atoms with Crippen LogP contribution >= 0.6 is 0 Å². The highest BCUT2D eigenvalue weighted by atomic mass is 19.4. The molecule has 20 rings (SSSR count). The van der Waals surface area contributed by atoms with Gasteiger partial charge in [-0.25, -0.2) is 8.78 Å². The largest absolute Gasteiger partial charge is 0.416 e. The van der Waals surface area contributed by atoms with Gasteiger partial charge in [0.15, 0.2) is 0 Å². The molecule has 0 saturated heterocycles. The van der Waals surface area contributed by atoms with Crippen LogP contribution in [0.25, 0.3) is 176 Å². The molecule has 0 aliphatic rings. The van der Waals surface area contributed by atoms with Crippen molar-refractivity contribution >= 4 is 131 Å². The van der Waals surface area contributed by atoms with Crippen LogP contribution in [-0.4, -0.2) is 27.4 Å². The third kappa shape index (κ3) is 7.73. The van der Waals surface area contributed by atoms with E-state index in [9.17, 15) is 0 Å². The van der Waals surface area contributed by atoms with E-state index < -0.39 is 23.4 Å². The van der Waals surface area contributed by atoms with Gasteiger partial charge in [0.1, 0.15) is 11.6 Å². The molecule has 6 aromatic heterocycles. The van der Waals surface area contributed by atoms with Crippen LogP contribution in [0.2, 0.25) is 0 Å². The topological polar surface area (TPSA) is 29.6 Å². The van der Waals surface area contributed by atoms with E-state index >= 15 is 22.0 Å². The minimum Gasteiger partial charge on any atom is -0.309 e. The van der Waals surface area contributed by atoms with Crippen LogP contribution in [0.4, 0.5) is 22.0 Å². The van der Waals surface area contributed by atoms with E-state index in [1.807, 2.05) is 155 Å². The minimum atomic E-state index is -4.96. The molecule has 11 heteroatoms. The van der Waals surface area contributed by atoms with E-state index in [2.05, 4.69) is 140 Å². The smallest absolute Gasteiger partial charge is 0.309 e. The zero-order valence-corrected chi connectivity index (χ0v) is 50.9. The molecule has 0 spiro atoms. The molecular formula is C85H49F5N6. The highest BCUT2D eigenvalue weighted by molar-refractivity contribution is 6.17. The number of rotatable bonds is 7. The number of benzene rings is 14. The molecule has 0 amide bonds. The van der Waals surface area contributed by atoms with E-state index in [4.69, 9.17) is 0 Å². The zero-order chi connectivity index (χ0) is 63.8. The predicted molar refractivity (Wildman–Crippen MR) is 383 cm³/mol. The number of aromatic nitrogens is 6. The summed E-state index contributed by atoms with van der Waals surface area (Å²) in [6, 6.07) is 95.8. The molecule has 0 N–H and O–H groups in total. The lowest BCUT2D eigenvalue weighted by Crippen LogP contribution is -2.11. The van der Waals surface area contributed by atoms with Crippen LogP contribution in [0.15, 0.2) is 297 Å². The van der Waals surface area contributed by atoms with Crippen molar-refractivity contribution in [3.8, 4) is 45.3 Å². The van der Waals surface area contributed by atoms with Gasteiger partial charge in [0.25, 0.3) is 0 Å². The summed E-state index contributed by atoms with van der Waals surface area (Å²) in [5.41, 5.74) is 12.2. The molecule has 14 aromatic carbocycles. The molecular weight excluding hydrogens is 1200 g/mol. The van der Waals surface area contributed by atoms with Gasteiger partial charge in [0.2, 0.25) is 0 Å². The molecule has 0 radical (unpaired) electrons. The van der Waals surface area contributed by atoms with E-state index in [1.165, 1.54) is 24.3 Å². The molecule has 0 unspecified atom stereocenters. The zero-order valence-electron chi connectivity index (χ0n) is 50.9. The lowest BCUT2D eigenvalue weighted by molar-refractivity contribution is -0.137. The summed E-state index contributed by atoms with van der Waals surface area (Å²) in [5.74, 6) is -1.79.